The van der Waals surface area contributed by atoms with E-state index in [0.717, 1.165) is 0 Å². The second-order valence-corrected chi connectivity index (χ2v) is 6.22. The standard InChI is InChI=1S/C13H12I.ClH/c1-11-6-5-9-13(10-11)14-12-7-3-2-4-8-12;/h2-10H,1H3;1H/q+1;/p-1. The van der Waals surface area contributed by atoms with Crippen LogP contribution in [-0.4, -0.2) is 0 Å². The molecule has 2 aromatic rings. The second-order valence-electron chi connectivity index (χ2n) is 3.19. The molecule has 0 N–H and O–H groups in total. The Labute approximate surface area is 107 Å². The Morgan fingerprint density at radius 1 is 0.800 bits per heavy atom. The van der Waals surface area contributed by atoms with E-state index in [4.69, 9.17) is 0 Å². The van der Waals surface area contributed by atoms with E-state index in [9.17, 15) is 0 Å². The Bertz CT molecular complexity index is 412. The van der Waals surface area contributed by atoms with Crippen molar-refractivity contribution in [2.24, 2.45) is 0 Å². The molecule has 0 aromatic heterocycles. The van der Waals surface area contributed by atoms with Gasteiger partial charge < -0.3 is 12.4 Å². The number of hydrogen-bond acceptors (Lipinski definition) is 0. The van der Waals surface area contributed by atoms with E-state index in [1.165, 1.54) is 12.7 Å². The lowest BCUT2D eigenvalue weighted by Gasteiger charge is -1.89. The summed E-state index contributed by atoms with van der Waals surface area (Å²) in [5, 5.41) is 0. The van der Waals surface area contributed by atoms with Crippen LogP contribution in [0.15, 0.2) is 54.6 Å². The number of hydrogen-bond donors (Lipinski definition) is 0. The van der Waals surface area contributed by atoms with Crippen LogP contribution in [0.4, 0.5) is 0 Å². The zero-order valence-electron chi connectivity index (χ0n) is 8.45. The SMILES string of the molecule is Cc1cccc([I+]c2ccccc2)c1.[Cl-]. The molecule has 0 atom stereocenters. The average molecular weight is 331 g/mol. The van der Waals surface area contributed by atoms with Crippen LogP contribution in [0.2, 0.25) is 0 Å². The molecule has 0 amide bonds. The van der Waals surface area contributed by atoms with E-state index in [2.05, 4.69) is 61.5 Å². The van der Waals surface area contributed by atoms with Crippen LogP contribution in [0, 0.1) is 14.1 Å². The van der Waals surface area contributed by atoms with E-state index >= 15 is 0 Å². The van der Waals surface area contributed by atoms with Crippen LogP contribution in [0.3, 0.4) is 0 Å². The summed E-state index contributed by atoms with van der Waals surface area (Å²) in [5.74, 6) is 0. The molecular formula is C13H12ClI. The van der Waals surface area contributed by atoms with Gasteiger partial charge in [0, 0.05) is 0 Å². The van der Waals surface area contributed by atoms with Crippen molar-refractivity contribution in [1.29, 1.82) is 0 Å². The molecule has 0 fully saturated rings. The van der Waals surface area contributed by atoms with Gasteiger partial charge in [0.05, 0.1) is 0 Å². The molecule has 2 aromatic carbocycles. The van der Waals surface area contributed by atoms with Crippen LogP contribution >= 0.6 is 0 Å². The number of halogens is 2. The first-order valence-electron chi connectivity index (χ1n) is 4.61. The Morgan fingerprint density at radius 3 is 2.13 bits per heavy atom. The van der Waals surface area contributed by atoms with E-state index in [-0.39, 0.29) is 33.6 Å². The van der Waals surface area contributed by atoms with Gasteiger partial charge in [-0.25, -0.2) is 0 Å². The van der Waals surface area contributed by atoms with E-state index in [1.807, 2.05) is 0 Å². The molecule has 0 unspecified atom stereocenters. The quantitative estimate of drug-likeness (QED) is 0.519. The van der Waals surface area contributed by atoms with Crippen LogP contribution in [0.25, 0.3) is 0 Å². The van der Waals surface area contributed by atoms with Crippen molar-refractivity contribution in [3.63, 3.8) is 0 Å². The Kier molecular flexibility index (Phi) is 5.12. The predicted molar refractivity (Wildman–Crippen MR) is 55.0 cm³/mol. The first-order chi connectivity index (χ1) is 6.84. The van der Waals surface area contributed by atoms with Gasteiger partial charge in [0.1, 0.15) is 0 Å². The van der Waals surface area contributed by atoms with Crippen molar-refractivity contribution in [3.8, 4) is 0 Å². The molecule has 0 spiro atoms. The van der Waals surface area contributed by atoms with Crippen molar-refractivity contribution in [3.05, 3.63) is 67.3 Å². The molecular weight excluding hydrogens is 318 g/mol. The van der Waals surface area contributed by atoms with Crippen LogP contribution < -0.4 is 33.6 Å². The van der Waals surface area contributed by atoms with Gasteiger partial charge in [-0.05, 0) is 36.8 Å². The van der Waals surface area contributed by atoms with Gasteiger partial charge in [-0.1, -0.05) is 30.3 Å². The molecule has 0 aliphatic rings. The highest BCUT2D eigenvalue weighted by Crippen LogP contribution is 1.93. The molecule has 0 aliphatic carbocycles. The molecule has 0 nitrogen and oxygen atoms in total. The molecule has 0 bridgehead atoms. The van der Waals surface area contributed by atoms with Crippen molar-refractivity contribution in [2.45, 2.75) is 6.92 Å². The Morgan fingerprint density at radius 2 is 1.47 bits per heavy atom. The fourth-order valence-electron chi connectivity index (χ4n) is 1.27. The van der Waals surface area contributed by atoms with Gasteiger partial charge in [0.25, 0.3) is 0 Å². The summed E-state index contributed by atoms with van der Waals surface area (Å²) in [4.78, 5) is 0. The zero-order chi connectivity index (χ0) is 9.80. The third kappa shape index (κ3) is 3.84. The maximum absolute atomic E-state index is 2.29. The smallest absolute Gasteiger partial charge is 0.357 e. The summed E-state index contributed by atoms with van der Waals surface area (Å²) in [7, 11) is 0. The van der Waals surface area contributed by atoms with E-state index in [0.29, 0.717) is 0 Å². The van der Waals surface area contributed by atoms with Crippen LogP contribution in [-0.2, 0) is 0 Å². The molecule has 0 radical (unpaired) electrons. The second kappa shape index (κ2) is 6.13. The lowest BCUT2D eigenvalue weighted by atomic mass is 10.2. The highest BCUT2D eigenvalue weighted by molar-refractivity contribution is 5.12. The minimum absolute atomic E-state index is 0. The van der Waals surface area contributed by atoms with Gasteiger partial charge in [-0.2, -0.15) is 0 Å². The van der Waals surface area contributed by atoms with Crippen molar-refractivity contribution >= 4 is 0 Å². The number of rotatable bonds is 2. The van der Waals surface area contributed by atoms with Crippen molar-refractivity contribution in [1.82, 2.24) is 0 Å². The molecule has 15 heavy (non-hydrogen) atoms. The monoisotopic (exact) mass is 330 g/mol. The lowest BCUT2D eigenvalue weighted by Crippen LogP contribution is -3.61. The van der Waals surface area contributed by atoms with Crippen LogP contribution in [0.1, 0.15) is 5.56 Å². The fraction of sp³-hybridized carbons (Fsp3) is 0.0769. The van der Waals surface area contributed by atoms with Crippen molar-refractivity contribution < 1.29 is 33.6 Å². The van der Waals surface area contributed by atoms with E-state index in [1.54, 1.807) is 0 Å². The third-order valence-corrected chi connectivity index (χ3v) is 4.57. The van der Waals surface area contributed by atoms with Gasteiger partial charge in [-0.15, -0.1) is 0 Å². The number of aryl methyl sites for hydroxylation is 1. The molecule has 2 heteroatoms. The number of benzene rings is 2. The van der Waals surface area contributed by atoms with Crippen LogP contribution in [0.5, 0.6) is 0 Å². The summed E-state index contributed by atoms with van der Waals surface area (Å²) < 4.78 is 2.98. The normalized spacial score (nSPS) is 9.40. The highest BCUT2D eigenvalue weighted by atomic mass is 127. The minimum atomic E-state index is 0. The van der Waals surface area contributed by atoms with Gasteiger partial charge >= 0.3 is 21.2 Å². The maximum Gasteiger partial charge on any atom is 0.357 e. The highest BCUT2D eigenvalue weighted by Gasteiger charge is 2.13. The lowest BCUT2D eigenvalue weighted by molar-refractivity contribution is -0.597. The summed E-state index contributed by atoms with van der Waals surface area (Å²) in [6, 6.07) is 19.6. The molecule has 0 heterocycles. The molecule has 0 saturated carbocycles. The topological polar surface area (TPSA) is 0 Å². The predicted octanol–water partition coefficient (Wildman–Crippen LogP) is -2.87. The fourth-order valence-corrected chi connectivity index (χ4v) is 3.80. The van der Waals surface area contributed by atoms with Gasteiger partial charge in [0.15, 0.2) is 7.14 Å². The molecule has 2 rings (SSSR count). The zero-order valence-corrected chi connectivity index (χ0v) is 11.4. The van der Waals surface area contributed by atoms with Gasteiger partial charge in [-0.3, -0.25) is 0 Å². The molecule has 78 valence electrons. The molecule has 0 saturated heterocycles. The summed E-state index contributed by atoms with van der Waals surface area (Å²) in [6.07, 6.45) is 0. The summed E-state index contributed by atoms with van der Waals surface area (Å²) in [5.41, 5.74) is 1.36. The third-order valence-electron chi connectivity index (χ3n) is 1.93. The first-order valence-corrected chi connectivity index (χ1v) is 6.77. The van der Waals surface area contributed by atoms with Crippen molar-refractivity contribution in [2.75, 3.05) is 0 Å². The molecule has 0 aliphatic heterocycles. The maximum atomic E-state index is 2.29. The first kappa shape index (κ1) is 12.5. The summed E-state index contributed by atoms with van der Waals surface area (Å²) in [6.45, 7) is 2.15. The summed E-state index contributed by atoms with van der Waals surface area (Å²) >= 11 is 0.0119. The van der Waals surface area contributed by atoms with Gasteiger partial charge in [0.2, 0.25) is 0 Å². The Hall–Kier alpha value is -0.540. The minimum Gasteiger partial charge on any atom is -1.00 e. The largest absolute Gasteiger partial charge is 1.00 e. The Balaban J connectivity index is 0.00000112. The van der Waals surface area contributed by atoms with E-state index < -0.39 is 0 Å². The average Bonchev–Trinajstić information content (AvgIpc) is 2.19.